The highest BCUT2D eigenvalue weighted by molar-refractivity contribution is 5.95. The average molecular weight is 221 g/mol. The van der Waals surface area contributed by atoms with Crippen LogP contribution in [-0.4, -0.2) is 34.3 Å². The molecule has 0 unspecified atom stereocenters. The highest BCUT2D eigenvalue weighted by atomic mass is 16.5. The number of methoxy groups -OCH3 is 1. The Labute approximate surface area is 91.8 Å². The van der Waals surface area contributed by atoms with E-state index in [0.717, 1.165) is 0 Å². The van der Waals surface area contributed by atoms with Crippen LogP contribution in [0.5, 0.6) is 5.88 Å². The monoisotopic (exact) mass is 221 g/mol. The SMILES string of the molecule is CCOC(=O)c1cnn2ccc(OC)nc12. The summed E-state index contributed by atoms with van der Waals surface area (Å²) < 4.78 is 11.4. The molecule has 0 aliphatic rings. The summed E-state index contributed by atoms with van der Waals surface area (Å²) in [4.78, 5) is 15.7. The van der Waals surface area contributed by atoms with Gasteiger partial charge in [0.25, 0.3) is 0 Å². The smallest absolute Gasteiger partial charge is 0.343 e. The van der Waals surface area contributed by atoms with E-state index in [-0.39, 0.29) is 0 Å². The number of nitrogens with zero attached hydrogens (tertiary/aromatic N) is 3. The lowest BCUT2D eigenvalue weighted by atomic mass is 10.3. The second kappa shape index (κ2) is 4.18. The molecule has 0 spiro atoms. The molecular weight excluding hydrogens is 210 g/mol. The molecule has 0 radical (unpaired) electrons. The van der Waals surface area contributed by atoms with Crippen LogP contribution in [0, 0.1) is 0 Å². The van der Waals surface area contributed by atoms with Gasteiger partial charge in [-0.15, -0.1) is 0 Å². The number of hydrogen-bond donors (Lipinski definition) is 0. The number of rotatable bonds is 3. The van der Waals surface area contributed by atoms with Crippen LogP contribution in [0.2, 0.25) is 0 Å². The third-order valence-corrected chi connectivity index (χ3v) is 2.05. The predicted molar refractivity (Wildman–Crippen MR) is 55.5 cm³/mol. The van der Waals surface area contributed by atoms with Crippen LogP contribution < -0.4 is 4.74 Å². The maximum Gasteiger partial charge on any atom is 0.343 e. The first kappa shape index (κ1) is 10.4. The summed E-state index contributed by atoms with van der Waals surface area (Å²) in [7, 11) is 1.51. The van der Waals surface area contributed by atoms with Gasteiger partial charge in [-0.2, -0.15) is 10.1 Å². The lowest BCUT2D eigenvalue weighted by Crippen LogP contribution is -2.05. The highest BCUT2D eigenvalue weighted by Crippen LogP contribution is 2.13. The Hall–Kier alpha value is -2.11. The Morgan fingerprint density at radius 2 is 2.38 bits per heavy atom. The van der Waals surface area contributed by atoms with Crippen LogP contribution >= 0.6 is 0 Å². The van der Waals surface area contributed by atoms with E-state index in [0.29, 0.717) is 23.7 Å². The number of hydrogen-bond acceptors (Lipinski definition) is 5. The molecule has 0 aliphatic carbocycles. The van der Waals surface area contributed by atoms with Crippen LogP contribution in [0.4, 0.5) is 0 Å². The Morgan fingerprint density at radius 3 is 3.06 bits per heavy atom. The number of carbonyl (C=O) groups excluding carboxylic acids is 1. The summed E-state index contributed by atoms with van der Waals surface area (Å²) >= 11 is 0. The first-order valence-corrected chi connectivity index (χ1v) is 4.81. The molecule has 0 bridgehead atoms. The predicted octanol–water partition coefficient (Wildman–Crippen LogP) is 0.915. The molecule has 2 rings (SSSR count). The molecular formula is C10H11N3O3. The molecule has 16 heavy (non-hydrogen) atoms. The lowest BCUT2D eigenvalue weighted by Gasteiger charge is -2.01. The fraction of sp³-hybridized carbons (Fsp3) is 0.300. The Balaban J connectivity index is 2.49. The van der Waals surface area contributed by atoms with E-state index in [1.54, 1.807) is 19.2 Å². The van der Waals surface area contributed by atoms with Gasteiger partial charge in [-0.3, -0.25) is 0 Å². The van der Waals surface area contributed by atoms with Gasteiger partial charge in [0.2, 0.25) is 5.88 Å². The number of carbonyl (C=O) groups is 1. The van der Waals surface area contributed by atoms with Gasteiger partial charge in [0.1, 0.15) is 5.56 Å². The maximum absolute atomic E-state index is 11.6. The van der Waals surface area contributed by atoms with Crippen LogP contribution in [-0.2, 0) is 4.74 Å². The van der Waals surface area contributed by atoms with E-state index in [1.165, 1.54) is 17.8 Å². The van der Waals surface area contributed by atoms with E-state index >= 15 is 0 Å². The van der Waals surface area contributed by atoms with Gasteiger partial charge in [-0.25, -0.2) is 9.31 Å². The van der Waals surface area contributed by atoms with E-state index < -0.39 is 5.97 Å². The van der Waals surface area contributed by atoms with Crippen molar-refractivity contribution in [1.82, 2.24) is 14.6 Å². The molecule has 0 saturated carbocycles. The summed E-state index contributed by atoms with van der Waals surface area (Å²) in [6.07, 6.45) is 3.10. The van der Waals surface area contributed by atoms with Crippen LogP contribution in [0.15, 0.2) is 18.5 Å². The molecule has 6 nitrogen and oxygen atoms in total. The van der Waals surface area contributed by atoms with Gasteiger partial charge in [0.15, 0.2) is 5.65 Å². The van der Waals surface area contributed by atoms with Crippen LogP contribution in [0.3, 0.4) is 0 Å². The van der Waals surface area contributed by atoms with E-state index in [4.69, 9.17) is 9.47 Å². The minimum Gasteiger partial charge on any atom is -0.481 e. The molecule has 2 aromatic heterocycles. The van der Waals surface area contributed by atoms with Crippen molar-refractivity contribution >= 4 is 11.6 Å². The van der Waals surface area contributed by atoms with Gasteiger partial charge in [0.05, 0.1) is 19.9 Å². The quantitative estimate of drug-likeness (QED) is 0.721. The first-order chi connectivity index (χ1) is 7.76. The van der Waals surface area contributed by atoms with Gasteiger partial charge in [0, 0.05) is 12.3 Å². The summed E-state index contributed by atoms with van der Waals surface area (Å²) in [6.45, 7) is 2.07. The van der Waals surface area contributed by atoms with Crippen LogP contribution in [0.25, 0.3) is 5.65 Å². The van der Waals surface area contributed by atoms with Gasteiger partial charge < -0.3 is 9.47 Å². The number of aromatic nitrogens is 3. The fourth-order valence-corrected chi connectivity index (χ4v) is 1.32. The lowest BCUT2D eigenvalue weighted by molar-refractivity contribution is 0.0528. The highest BCUT2D eigenvalue weighted by Gasteiger charge is 2.15. The zero-order chi connectivity index (χ0) is 11.5. The molecule has 0 N–H and O–H groups in total. The average Bonchev–Trinajstić information content (AvgIpc) is 2.71. The number of ether oxygens (including phenoxy) is 2. The van der Waals surface area contributed by atoms with Crippen molar-refractivity contribution in [2.75, 3.05) is 13.7 Å². The van der Waals surface area contributed by atoms with Crippen molar-refractivity contribution in [1.29, 1.82) is 0 Å². The summed E-state index contributed by atoms with van der Waals surface area (Å²) in [5.41, 5.74) is 0.763. The molecule has 0 fully saturated rings. The molecule has 2 heterocycles. The topological polar surface area (TPSA) is 65.7 Å². The minimum atomic E-state index is -0.432. The van der Waals surface area contributed by atoms with Crippen molar-refractivity contribution < 1.29 is 14.3 Å². The minimum absolute atomic E-state index is 0.320. The normalized spacial score (nSPS) is 10.4. The second-order valence-electron chi connectivity index (χ2n) is 3.02. The molecule has 84 valence electrons. The van der Waals surface area contributed by atoms with Crippen molar-refractivity contribution in [2.24, 2.45) is 0 Å². The Morgan fingerprint density at radius 1 is 1.56 bits per heavy atom. The zero-order valence-corrected chi connectivity index (χ0v) is 9.01. The van der Waals surface area contributed by atoms with Gasteiger partial charge >= 0.3 is 5.97 Å². The summed E-state index contributed by atoms with van der Waals surface area (Å²) in [6, 6.07) is 1.66. The standard InChI is InChI=1S/C10H11N3O3/c1-3-16-10(14)7-6-11-13-5-4-8(15-2)12-9(7)13/h4-6H,3H2,1-2H3. The van der Waals surface area contributed by atoms with Gasteiger partial charge in [-0.1, -0.05) is 0 Å². The van der Waals surface area contributed by atoms with Crippen molar-refractivity contribution in [3.8, 4) is 5.88 Å². The van der Waals surface area contributed by atoms with Crippen molar-refractivity contribution in [2.45, 2.75) is 6.92 Å². The maximum atomic E-state index is 11.6. The molecule has 0 saturated heterocycles. The molecule has 0 aliphatic heterocycles. The largest absolute Gasteiger partial charge is 0.481 e. The van der Waals surface area contributed by atoms with Gasteiger partial charge in [-0.05, 0) is 6.92 Å². The molecule has 0 amide bonds. The zero-order valence-electron chi connectivity index (χ0n) is 9.01. The molecule has 0 aromatic carbocycles. The molecule has 6 heteroatoms. The first-order valence-electron chi connectivity index (χ1n) is 4.81. The summed E-state index contributed by atoms with van der Waals surface area (Å²) in [5, 5.41) is 4.00. The Bertz CT molecular complexity index is 521. The van der Waals surface area contributed by atoms with Crippen molar-refractivity contribution in [3.05, 3.63) is 24.0 Å². The van der Waals surface area contributed by atoms with E-state index in [1.807, 2.05) is 0 Å². The van der Waals surface area contributed by atoms with Crippen molar-refractivity contribution in [3.63, 3.8) is 0 Å². The fourth-order valence-electron chi connectivity index (χ4n) is 1.32. The van der Waals surface area contributed by atoms with Crippen LogP contribution in [0.1, 0.15) is 17.3 Å². The summed E-state index contributed by atoms with van der Waals surface area (Å²) in [5.74, 6) is -0.00296. The van der Waals surface area contributed by atoms with E-state index in [2.05, 4.69) is 10.1 Å². The number of fused-ring (bicyclic) bond motifs is 1. The third kappa shape index (κ3) is 1.69. The Kier molecular flexibility index (Phi) is 2.72. The molecule has 2 aromatic rings. The second-order valence-corrected chi connectivity index (χ2v) is 3.02. The number of esters is 1. The van der Waals surface area contributed by atoms with E-state index in [9.17, 15) is 4.79 Å². The molecule has 0 atom stereocenters. The third-order valence-electron chi connectivity index (χ3n) is 2.05.